The number of carbonyl (C=O) groups is 1. The first kappa shape index (κ1) is 22.3. The van der Waals surface area contributed by atoms with Gasteiger partial charge in [0.05, 0.1) is 5.56 Å². The van der Waals surface area contributed by atoms with Crippen molar-refractivity contribution in [3.8, 4) is 17.2 Å². The van der Waals surface area contributed by atoms with Gasteiger partial charge in [0.25, 0.3) is 0 Å². The lowest BCUT2D eigenvalue weighted by Crippen LogP contribution is -2.18. The van der Waals surface area contributed by atoms with Gasteiger partial charge in [-0.1, -0.05) is 55.8 Å². The van der Waals surface area contributed by atoms with E-state index in [9.17, 15) is 20.3 Å². The minimum Gasteiger partial charge on any atom is -0.478 e. The number of hydrogen-bond donors (Lipinski definition) is 2. The van der Waals surface area contributed by atoms with Crippen molar-refractivity contribution in [1.29, 1.82) is 5.26 Å². The Morgan fingerprint density at radius 1 is 1.16 bits per heavy atom. The first-order valence-electron chi connectivity index (χ1n) is 10.4. The van der Waals surface area contributed by atoms with E-state index in [0.717, 1.165) is 36.2 Å². The number of unbranched alkanes of at least 4 members (excludes halogenated alkanes) is 1. The molecule has 1 aromatic heterocycles. The molecule has 2 aromatic carbocycles. The standard InChI is InChI=1S/C25H27N3O3/c1-4-5-10-22-27-23(25(2,3)31)21(15-26)28(22)16-17-11-13-18(14-12-17)19-8-6-7-9-20(19)24(29)30/h6-9,11-14,31H,4-5,10,16H2,1-3H3,(H,29,30). The predicted octanol–water partition coefficient (Wildman–Crippen LogP) is 4.74. The van der Waals surface area contributed by atoms with Crippen molar-refractivity contribution in [3.63, 3.8) is 0 Å². The number of carboxylic acids is 1. The zero-order chi connectivity index (χ0) is 22.6. The van der Waals surface area contributed by atoms with Crippen LogP contribution in [0.5, 0.6) is 0 Å². The van der Waals surface area contributed by atoms with Crippen LogP contribution in [0.15, 0.2) is 48.5 Å². The molecule has 0 bridgehead atoms. The molecule has 6 nitrogen and oxygen atoms in total. The Morgan fingerprint density at radius 3 is 2.42 bits per heavy atom. The van der Waals surface area contributed by atoms with Crippen molar-refractivity contribution < 1.29 is 15.0 Å². The van der Waals surface area contributed by atoms with Gasteiger partial charge in [0, 0.05) is 13.0 Å². The van der Waals surface area contributed by atoms with Crippen molar-refractivity contribution in [3.05, 3.63) is 76.9 Å². The van der Waals surface area contributed by atoms with Gasteiger partial charge in [-0.15, -0.1) is 0 Å². The third-order valence-electron chi connectivity index (χ3n) is 5.25. The second kappa shape index (κ2) is 9.15. The van der Waals surface area contributed by atoms with E-state index in [4.69, 9.17) is 0 Å². The zero-order valence-corrected chi connectivity index (χ0v) is 18.1. The van der Waals surface area contributed by atoms with Crippen LogP contribution in [-0.2, 0) is 18.6 Å². The smallest absolute Gasteiger partial charge is 0.336 e. The number of hydrogen-bond acceptors (Lipinski definition) is 4. The second-order valence-corrected chi connectivity index (χ2v) is 8.13. The Hall–Kier alpha value is -3.43. The van der Waals surface area contributed by atoms with Gasteiger partial charge < -0.3 is 14.8 Å². The molecule has 0 atom stereocenters. The van der Waals surface area contributed by atoms with Crippen molar-refractivity contribution in [2.45, 2.75) is 52.2 Å². The average molecular weight is 418 g/mol. The molecule has 0 aliphatic heterocycles. The molecule has 0 amide bonds. The van der Waals surface area contributed by atoms with Crippen LogP contribution >= 0.6 is 0 Å². The molecule has 0 saturated heterocycles. The van der Waals surface area contributed by atoms with Gasteiger partial charge in [-0.05, 0) is 43.0 Å². The van der Waals surface area contributed by atoms with Gasteiger partial charge in [0.1, 0.15) is 28.9 Å². The highest BCUT2D eigenvalue weighted by Crippen LogP contribution is 2.27. The summed E-state index contributed by atoms with van der Waals surface area (Å²) in [6, 6.07) is 16.8. The number of nitrogens with zero attached hydrogens (tertiary/aromatic N) is 3. The van der Waals surface area contributed by atoms with Crippen LogP contribution in [0.3, 0.4) is 0 Å². The molecule has 0 fully saturated rings. The summed E-state index contributed by atoms with van der Waals surface area (Å²) in [7, 11) is 0. The third-order valence-corrected chi connectivity index (χ3v) is 5.25. The highest BCUT2D eigenvalue weighted by atomic mass is 16.4. The Labute approximate surface area is 182 Å². The van der Waals surface area contributed by atoms with Crippen LogP contribution < -0.4 is 0 Å². The van der Waals surface area contributed by atoms with Crippen LogP contribution in [0.25, 0.3) is 11.1 Å². The number of benzene rings is 2. The fourth-order valence-electron chi connectivity index (χ4n) is 3.63. The molecule has 0 saturated carbocycles. The highest BCUT2D eigenvalue weighted by molar-refractivity contribution is 5.95. The van der Waals surface area contributed by atoms with Gasteiger partial charge in [-0.2, -0.15) is 5.26 Å². The molecule has 3 aromatic rings. The topological polar surface area (TPSA) is 99.1 Å². The normalized spacial score (nSPS) is 11.3. The Bertz CT molecular complexity index is 1120. The van der Waals surface area contributed by atoms with E-state index in [1.54, 1.807) is 32.0 Å². The minimum absolute atomic E-state index is 0.258. The summed E-state index contributed by atoms with van der Waals surface area (Å²) in [5, 5.41) is 29.7. The van der Waals surface area contributed by atoms with E-state index in [0.29, 0.717) is 23.5 Å². The molecule has 0 aliphatic carbocycles. The third kappa shape index (κ3) is 4.84. The fourth-order valence-corrected chi connectivity index (χ4v) is 3.63. The maximum absolute atomic E-state index is 11.5. The molecular weight excluding hydrogens is 390 g/mol. The number of carboxylic acid groups (broad SMARTS) is 1. The van der Waals surface area contributed by atoms with Crippen molar-refractivity contribution in [2.24, 2.45) is 0 Å². The lowest BCUT2D eigenvalue weighted by atomic mass is 9.98. The van der Waals surface area contributed by atoms with Crippen LogP contribution in [0.4, 0.5) is 0 Å². The Kier molecular flexibility index (Phi) is 6.57. The number of aromatic nitrogens is 2. The van der Waals surface area contributed by atoms with E-state index in [1.165, 1.54) is 0 Å². The zero-order valence-electron chi connectivity index (χ0n) is 18.1. The summed E-state index contributed by atoms with van der Waals surface area (Å²) in [6.07, 6.45) is 2.67. The number of aliphatic hydroxyl groups is 1. The number of rotatable bonds is 8. The maximum Gasteiger partial charge on any atom is 0.336 e. The summed E-state index contributed by atoms with van der Waals surface area (Å²) in [5.74, 6) is -0.174. The Balaban J connectivity index is 1.97. The van der Waals surface area contributed by atoms with Crippen LogP contribution in [-0.4, -0.2) is 25.7 Å². The average Bonchev–Trinajstić information content (AvgIpc) is 3.10. The van der Waals surface area contributed by atoms with Crippen LogP contribution in [0.1, 0.15) is 66.7 Å². The fraction of sp³-hybridized carbons (Fsp3) is 0.320. The monoisotopic (exact) mass is 417 g/mol. The van der Waals surface area contributed by atoms with Gasteiger partial charge in [-0.3, -0.25) is 0 Å². The number of aryl methyl sites for hydroxylation is 1. The molecule has 2 N–H and O–H groups in total. The second-order valence-electron chi connectivity index (χ2n) is 8.13. The minimum atomic E-state index is -1.21. The number of imidazole rings is 1. The first-order valence-corrected chi connectivity index (χ1v) is 10.4. The Morgan fingerprint density at radius 2 is 1.84 bits per heavy atom. The highest BCUT2D eigenvalue weighted by Gasteiger charge is 2.28. The quantitative estimate of drug-likeness (QED) is 0.552. The lowest BCUT2D eigenvalue weighted by molar-refractivity contribution is 0.0696. The van der Waals surface area contributed by atoms with Gasteiger partial charge in [0.15, 0.2) is 0 Å². The predicted molar refractivity (Wildman–Crippen MR) is 119 cm³/mol. The molecule has 0 spiro atoms. The van der Waals surface area contributed by atoms with E-state index >= 15 is 0 Å². The van der Waals surface area contributed by atoms with Crippen LogP contribution in [0.2, 0.25) is 0 Å². The van der Waals surface area contributed by atoms with E-state index in [-0.39, 0.29) is 5.56 Å². The van der Waals surface area contributed by atoms with Crippen molar-refractivity contribution in [1.82, 2.24) is 9.55 Å². The molecule has 0 aliphatic rings. The number of nitriles is 1. The maximum atomic E-state index is 11.5. The molecule has 3 rings (SSSR count). The van der Waals surface area contributed by atoms with Crippen molar-refractivity contribution >= 4 is 5.97 Å². The number of aromatic carboxylic acids is 1. The first-order chi connectivity index (χ1) is 14.8. The van der Waals surface area contributed by atoms with Gasteiger partial charge in [0.2, 0.25) is 0 Å². The van der Waals surface area contributed by atoms with Gasteiger partial charge in [-0.25, -0.2) is 9.78 Å². The van der Waals surface area contributed by atoms with E-state index in [2.05, 4.69) is 18.0 Å². The molecule has 0 unspecified atom stereocenters. The van der Waals surface area contributed by atoms with E-state index in [1.807, 2.05) is 34.9 Å². The largest absolute Gasteiger partial charge is 0.478 e. The van der Waals surface area contributed by atoms with Crippen molar-refractivity contribution in [2.75, 3.05) is 0 Å². The molecule has 6 heteroatoms. The SMILES string of the molecule is CCCCc1nc(C(C)(C)O)c(C#N)n1Cc1ccc(-c2ccccc2C(=O)O)cc1. The lowest BCUT2D eigenvalue weighted by Gasteiger charge is -2.15. The summed E-state index contributed by atoms with van der Waals surface area (Å²) >= 11 is 0. The molecule has 160 valence electrons. The molecule has 0 radical (unpaired) electrons. The molecule has 1 heterocycles. The van der Waals surface area contributed by atoms with Crippen LogP contribution in [0, 0.1) is 11.3 Å². The summed E-state index contributed by atoms with van der Waals surface area (Å²) in [6.45, 7) is 5.83. The molecule has 31 heavy (non-hydrogen) atoms. The van der Waals surface area contributed by atoms with E-state index < -0.39 is 11.6 Å². The molecular formula is C25H27N3O3. The summed E-state index contributed by atoms with van der Waals surface area (Å²) < 4.78 is 1.88. The van der Waals surface area contributed by atoms with Gasteiger partial charge >= 0.3 is 5.97 Å². The summed E-state index contributed by atoms with van der Waals surface area (Å²) in [4.78, 5) is 16.1. The summed E-state index contributed by atoms with van der Waals surface area (Å²) in [5.41, 5.74) is 2.26.